The maximum absolute atomic E-state index is 4.05. The van der Waals surface area contributed by atoms with Gasteiger partial charge in [-0.05, 0) is 32.9 Å². The van der Waals surface area contributed by atoms with Gasteiger partial charge in [-0.3, -0.25) is 5.10 Å². The van der Waals surface area contributed by atoms with Crippen molar-refractivity contribution < 1.29 is 0 Å². The van der Waals surface area contributed by atoms with Crippen LogP contribution in [0.15, 0.2) is 11.6 Å². The van der Waals surface area contributed by atoms with Gasteiger partial charge in [0.1, 0.15) is 0 Å². The third-order valence-corrected chi connectivity index (χ3v) is 1.16. The summed E-state index contributed by atoms with van der Waals surface area (Å²) >= 11 is 0. The maximum atomic E-state index is 4.05. The van der Waals surface area contributed by atoms with Crippen LogP contribution in [0.2, 0.25) is 0 Å². The van der Waals surface area contributed by atoms with Crippen molar-refractivity contribution in [2.24, 2.45) is 0 Å². The zero-order valence-corrected chi connectivity index (χ0v) is 6.60. The van der Waals surface area contributed by atoms with E-state index in [0.29, 0.717) is 0 Å². The Bertz CT molecular complexity index is 242. The molecular formula is C8H12N2. The molecule has 0 unspecified atom stereocenters. The molecule has 0 fully saturated rings. The first-order valence-corrected chi connectivity index (χ1v) is 3.35. The van der Waals surface area contributed by atoms with E-state index in [0.717, 1.165) is 11.4 Å². The van der Waals surface area contributed by atoms with Crippen LogP contribution in [0, 0.1) is 6.92 Å². The zero-order chi connectivity index (χ0) is 7.56. The normalized spacial score (nSPS) is 9.50. The molecule has 0 atom stereocenters. The van der Waals surface area contributed by atoms with Crippen LogP contribution >= 0.6 is 0 Å². The lowest BCUT2D eigenvalue weighted by Crippen LogP contribution is -1.71. The molecule has 2 nitrogen and oxygen atoms in total. The Morgan fingerprint density at radius 3 is 2.70 bits per heavy atom. The third kappa shape index (κ3) is 1.72. The van der Waals surface area contributed by atoms with Crippen molar-refractivity contribution in [3.8, 4) is 0 Å². The van der Waals surface area contributed by atoms with Gasteiger partial charge in [0.2, 0.25) is 0 Å². The summed E-state index contributed by atoms with van der Waals surface area (Å²) in [4.78, 5) is 0. The lowest BCUT2D eigenvalue weighted by atomic mass is 10.2. The van der Waals surface area contributed by atoms with E-state index in [1.54, 1.807) is 0 Å². The predicted molar refractivity (Wildman–Crippen MR) is 42.6 cm³/mol. The van der Waals surface area contributed by atoms with Crippen molar-refractivity contribution in [1.29, 1.82) is 0 Å². The largest absolute Gasteiger partial charge is 0.282 e. The maximum Gasteiger partial charge on any atom is 0.0850 e. The number of aryl methyl sites for hydroxylation is 1. The molecule has 1 aromatic heterocycles. The monoisotopic (exact) mass is 136 g/mol. The minimum Gasteiger partial charge on any atom is -0.282 e. The lowest BCUT2D eigenvalue weighted by Gasteiger charge is -1.83. The van der Waals surface area contributed by atoms with Crippen LogP contribution < -0.4 is 0 Å². The van der Waals surface area contributed by atoms with Gasteiger partial charge in [-0.1, -0.05) is 5.57 Å². The fourth-order valence-corrected chi connectivity index (χ4v) is 0.809. The Labute approximate surface area is 61.0 Å². The first kappa shape index (κ1) is 7.06. The standard InChI is InChI=1S/C8H12N2/c1-6(2)4-8-5-7(3)9-10-8/h4-5H,1-3H3,(H,9,10). The highest BCUT2D eigenvalue weighted by molar-refractivity contribution is 5.47. The molecule has 2 heteroatoms. The van der Waals surface area contributed by atoms with Crippen LogP contribution in [0.25, 0.3) is 6.08 Å². The zero-order valence-electron chi connectivity index (χ0n) is 6.60. The van der Waals surface area contributed by atoms with E-state index in [1.807, 2.05) is 19.1 Å². The van der Waals surface area contributed by atoms with Crippen molar-refractivity contribution in [3.05, 3.63) is 23.0 Å². The summed E-state index contributed by atoms with van der Waals surface area (Å²) in [5.41, 5.74) is 3.39. The van der Waals surface area contributed by atoms with Gasteiger partial charge in [0.25, 0.3) is 0 Å². The van der Waals surface area contributed by atoms with Gasteiger partial charge in [0.15, 0.2) is 0 Å². The van der Waals surface area contributed by atoms with E-state index >= 15 is 0 Å². The fourth-order valence-electron chi connectivity index (χ4n) is 0.809. The Kier molecular flexibility index (Phi) is 1.90. The topological polar surface area (TPSA) is 28.7 Å². The number of allylic oxidation sites excluding steroid dienone is 1. The molecule has 10 heavy (non-hydrogen) atoms. The number of H-pyrrole nitrogens is 1. The van der Waals surface area contributed by atoms with Crippen molar-refractivity contribution in [1.82, 2.24) is 10.2 Å². The fraction of sp³-hybridized carbons (Fsp3) is 0.375. The van der Waals surface area contributed by atoms with E-state index in [2.05, 4.69) is 24.0 Å². The van der Waals surface area contributed by atoms with Gasteiger partial charge in [-0.15, -0.1) is 0 Å². The molecule has 1 heterocycles. The van der Waals surface area contributed by atoms with E-state index in [4.69, 9.17) is 0 Å². The smallest absolute Gasteiger partial charge is 0.0850 e. The summed E-state index contributed by atoms with van der Waals surface area (Å²) in [6.07, 6.45) is 2.05. The van der Waals surface area contributed by atoms with E-state index in [1.165, 1.54) is 5.57 Å². The Morgan fingerprint density at radius 2 is 2.30 bits per heavy atom. The number of nitrogens with zero attached hydrogens (tertiary/aromatic N) is 1. The Hall–Kier alpha value is -1.05. The average molecular weight is 136 g/mol. The van der Waals surface area contributed by atoms with Gasteiger partial charge >= 0.3 is 0 Å². The summed E-state index contributed by atoms with van der Waals surface area (Å²) < 4.78 is 0. The molecule has 0 radical (unpaired) electrons. The van der Waals surface area contributed by atoms with Gasteiger partial charge in [0, 0.05) is 5.69 Å². The molecule has 0 bridgehead atoms. The number of nitrogens with one attached hydrogen (secondary N) is 1. The summed E-state index contributed by atoms with van der Waals surface area (Å²) in [6.45, 7) is 6.11. The van der Waals surface area contributed by atoms with E-state index < -0.39 is 0 Å². The van der Waals surface area contributed by atoms with Crippen LogP contribution in [0.4, 0.5) is 0 Å². The van der Waals surface area contributed by atoms with Crippen LogP contribution in [-0.2, 0) is 0 Å². The Morgan fingerprint density at radius 1 is 1.60 bits per heavy atom. The quantitative estimate of drug-likeness (QED) is 0.629. The van der Waals surface area contributed by atoms with Gasteiger partial charge in [-0.25, -0.2) is 0 Å². The molecule has 0 aliphatic heterocycles. The number of aromatic nitrogens is 2. The highest BCUT2D eigenvalue weighted by Crippen LogP contribution is 2.03. The van der Waals surface area contributed by atoms with E-state index in [9.17, 15) is 0 Å². The molecular weight excluding hydrogens is 124 g/mol. The van der Waals surface area contributed by atoms with Crippen molar-refractivity contribution in [2.75, 3.05) is 0 Å². The first-order valence-electron chi connectivity index (χ1n) is 3.35. The number of hydrogen-bond acceptors (Lipinski definition) is 1. The van der Waals surface area contributed by atoms with Crippen LogP contribution in [0.1, 0.15) is 25.2 Å². The average Bonchev–Trinajstić information content (AvgIpc) is 2.13. The van der Waals surface area contributed by atoms with Crippen LogP contribution in [0.5, 0.6) is 0 Å². The second kappa shape index (κ2) is 2.69. The summed E-state index contributed by atoms with van der Waals surface area (Å²) in [7, 11) is 0. The number of rotatable bonds is 1. The molecule has 0 spiro atoms. The van der Waals surface area contributed by atoms with Gasteiger partial charge in [-0.2, -0.15) is 5.10 Å². The molecule has 1 aromatic rings. The van der Waals surface area contributed by atoms with Crippen LogP contribution in [-0.4, -0.2) is 10.2 Å². The molecule has 0 aliphatic carbocycles. The molecule has 1 N–H and O–H groups in total. The minimum absolute atomic E-state index is 1.01. The molecule has 0 aromatic carbocycles. The summed E-state index contributed by atoms with van der Waals surface area (Å²) in [5.74, 6) is 0. The molecule has 0 amide bonds. The molecule has 0 aliphatic rings. The summed E-state index contributed by atoms with van der Waals surface area (Å²) in [5, 5.41) is 6.93. The van der Waals surface area contributed by atoms with Crippen molar-refractivity contribution in [3.63, 3.8) is 0 Å². The van der Waals surface area contributed by atoms with E-state index in [-0.39, 0.29) is 0 Å². The summed E-state index contributed by atoms with van der Waals surface area (Å²) in [6, 6.07) is 2.02. The number of aromatic amines is 1. The van der Waals surface area contributed by atoms with Crippen molar-refractivity contribution >= 4 is 6.08 Å². The number of hydrogen-bond donors (Lipinski definition) is 1. The molecule has 0 saturated carbocycles. The predicted octanol–water partition coefficient (Wildman–Crippen LogP) is 2.14. The SMILES string of the molecule is CC(C)=Cc1cc(C)[nH]n1. The molecule has 0 saturated heterocycles. The highest BCUT2D eigenvalue weighted by Gasteiger charge is 1.90. The van der Waals surface area contributed by atoms with Gasteiger partial charge in [0.05, 0.1) is 5.69 Å². The molecule has 54 valence electrons. The lowest BCUT2D eigenvalue weighted by molar-refractivity contribution is 1.04. The minimum atomic E-state index is 1.01. The third-order valence-electron chi connectivity index (χ3n) is 1.16. The second-order valence-corrected chi connectivity index (χ2v) is 2.70. The highest BCUT2D eigenvalue weighted by atomic mass is 15.1. The van der Waals surface area contributed by atoms with Crippen molar-refractivity contribution in [2.45, 2.75) is 20.8 Å². The first-order chi connectivity index (χ1) is 4.68. The molecule has 1 rings (SSSR count). The van der Waals surface area contributed by atoms with Gasteiger partial charge < -0.3 is 0 Å². The second-order valence-electron chi connectivity index (χ2n) is 2.70. The Balaban J connectivity index is 2.86. The van der Waals surface area contributed by atoms with Crippen LogP contribution in [0.3, 0.4) is 0 Å².